The highest BCUT2D eigenvalue weighted by atomic mass is 14.6. The van der Waals surface area contributed by atoms with E-state index in [1.807, 2.05) is 26.0 Å². The molecular weight excluding hydrogens is 268 g/mol. The van der Waals surface area contributed by atoms with Gasteiger partial charge in [-0.3, -0.25) is 4.98 Å². The lowest BCUT2D eigenvalue weighted by molar-refractivity contribution is 0.721. The smallest absolute Gasteiger partial charge is 0.0335 e. The lowest BCUT2D eigenvalue weighted by Crippen LogP contribution is -2.13. The maximum atomic E-state index is 6.16. The van der Waals surface area contributed by atoms with Crippen LogP contribution in [0.2, 0.25) is 0 Å². The Morgan fingerprint density at radius 2 is 1.45 bits per heavy atom. The first-order valence-corrected chi connectivity index (χ1v) is 8.38. The second-order valence-corrected chi connectivity index (χ2v) is 5.08. The molecule has 124 valence electrons. The Morgan fingerprint density at radius 1 is 0.955 bits per heavy atom. The quantitative estimate of drug-likeness (QED) is 0.785. The third kappa shape index (κ3) is 8.58. The molecule has 2 N–H and O–H groups in total. The van der Waals surface area contributed by atoms with Crippen molar-refractivity contribution < 1.29 is 1.43 Å². The lowest BCUT2D eigenvalue weighted by Gasteiger charge is -2.12. The van der Waals surface area contributed by atoms with Gasteiger partial charge in [-0.05, 0) is 36.6 Å². The molecule has 0 saturated heterocycles. The van der Waals surface area contributed by atoms with Gasteiger partial charge in [0.25, 0.3) is 0 Å². The van der Waals surface area contributed by atoms with Crippen molar-refractivity contribution in [1.29, 1.82) is 0 Å². The first kappa shape index (κ1) is 20.3. The van der Waals surface area contributed by atoms with Gasteiger partial charge >= 0.3 is 0 Å². The van der Waals surface area contributed by atoms with E-state index in [1.165, 1.54) is 29.5 Å². The van der Waals surface area contributed by atoms with Gasteiger partial charge in [0.2, 0.25) is 0 Å². The molecule has 0 fully saturated rings. The molecule has 2 aromatic rings. The highest BCUT2D eigenvalue weighted by molar-refractivity contribution is 5.25. The summed E-state index contributed by atoms with van der Waals surface area (Å²) in [5, 5.41) is 0. The lowest BCUT2D eigenvalue weighted by atomic mass is 10.00. The second kappa shape index (κ2) is 13.0. The molecule has 1 atom stereocenters. The summed E-state index contributed by atoms with van der Waals surface area (Å²) in [4.78, 5) is 4.00. The molecule has 2 nitrogen and oxygen atoms in total. The van der Waals surface area contributed by atoms with E-state index >= 15 is 0 Å². The fourth-order valence-electron chi connectivity index (χ4n) is 1.70. The number of hydrogen-bond acceptors (Lipinski definition) is 2. The average Bonchev–Trinajstić information content (AvgIpc) is 2.58. The third-order valence-corrected chi connectivity index (χ3v) is 3.21. The first-order chi connectivity index (χ1) is 10.7. The number of benzene rings is 1. The molecule has 1 heterocycles. The van der Waals surface area contributed by atoms with Crippen LogP contribution in [0.1, 0.15) is 64.7 Å². The number of hydrogen-bond donors (Lipinski definition) is 1. The van der Waals surface area contributed by atoms with E-state index in [0.29, 0.717) is 0 Å². The van der Waals surface area contributed by atoms with Crippen LogP contribution in [0.15, 0.2) is 48.8 Å². The minimum absolute atomic E-state index is 0. The van der Waals surface area contributed by atoms with Crippen molar-refractivity contribution in [3.63, 3.8) is 0 Å². The van der Waals surface area contributed by atoms with Crippen molar-refractivity contribution in [2.75, 3.05) is 0 Å². The van der Waals surface area contributed by atoms with Crippen molar-refractivity contribution in [2.24, 2.45) is 5.73 Å². The fourth-order valence-corrected chi connectivity index (χ4v) is 1.70. The largest absolute Gasteiger partial charge is 0.324 e. The van der Waals surface area contributed by atoms with Crippen molar-refractivity contribution in [1.82, 2.24) is 4.98 Å². The van der Waals surface area contributed by atoms with Crippen molar-refractivity contribution in [3.05, 3.63) is 65.5 Å². The van der Waals surface area contributed by atoms with Crippen molar-refractivity contribution in [2.45, 2.75) is 59.9 Å². The zero-order valence-corrected chi connectivity index (χ0v) is 14.8. The summed E-state index contributed by atoms with van der Waals surface area (Å²) in [5.41, 5.74) is 9.83. The number of pyridine rings is 1. The summed E-state index contributed by atoms with van der Waals surface area (Å²) >= 11 is 0. The molecule has 0 unspecified atom stereocenters. The van der Waals surface area contributed by atoms with Crippen molar-refractivity contribution in [3.8, 4) is 0 Å². The number of aryl methyl sites for hydroxylation is 1. The van der Waals surface area contributed by atoms with Crippen LogP contribution in [0, 0.1) is 6.92 Å². The predicted molar refractivity (Wildman–Crippen MR) is 100 cm³/mol. The summed E-state index contributed by atoms with van der Waals surface area (Å²) in [6.45, 7) is 10.4. The predicted octanol–water partition coefficient (Wildman–Crippen LogP) is 5.71. The van der Waals surface area contributed by atoms with Gasteiger partial charge in [-0.25, -0.2) is 0 Å². The van der Waals surface area contributed by atoms with E-state index in [0.717, 1.165) is 6.42 Å². The Bertz CT molecular complexity index is 467. The molecule has 0 radical (unpaired) electrons. The number of nitrogens with two attached hydrogens (primary N) is 1. The van der Waals surface area contributed by atoms with Crippen LogP contribution in [0.25, 0.3) is 0 Å². The standard InChI is InChI=1S/C14H16N2.C4H10.C2H6.H2/c1-11-2-4-13(5-3-11)14(15)10-12-6-8-16-9-7-12;1-3-4-2;1-2;/h2-9,14H,10,15H2,1H3;3-4H2,1-2H3;1-2H3;1H/t14-;;;/m1.../s1. The summed E-state index contributed by atoms with van der Waals surface area (Å²) in [6.07, 6.45) is 7.10. The molecule has 0 aliphatic carbocycles. The zero-order valence-electron chi connectivity index (χ0n) is 14.8. The molecule has 2 rings (SSSR count). The molecule has 22 heavy (non-hydrogen) atoms. The van der Waals surface area contributed by atoms with Gasteiger partial charge in [-0.15, -0.1) is 0 Å². The molecule has 0 aliphatic rings. The van der Waals surface area contributed by atoms with Crippen molar-refractivity contribution >= 4 is 0 Å². The Balaban J connectivity index is 0. The monoisotopic (exact) mass is 302 g/mol. The summed E-state index contributed by atoms with van der Waals surface area (Å²) in [7, 11) is 0. The topological polar surface area (TPSA) is 38.9 Å². The van der Waals surface area contributed by atoms with E-state index < -0.39 is 0 Å². The van der Waals surface area contributed by atoms with Gasteiger partial charge in [0.1, 0.15) is 0 Å². The first-order valence-electron chi connectivity index (χ1n) is 8.38. The zero-order chi connectivity index (χ0) is 16.8. The molecule has 0 bridgehead atoms. The van der Waals surface area contributed by atoms with Crippen LogP contribution in [0.5, 0.6) is 0 Å². The van der Waals surface area contributed by atoms with Crippen LogP contribution >= 0.6 is 0 Å². The normalized spacial score (nSPS) is 10.6. The van der Waals surface area contributed by atoms with Gasteiger partial charge in [-0.2, -0.15) is 0 Å². The Morgan fingerprint density at radius 3 is 1.91 bits per heavy atom. The maximum absolute atomic E-state index is 6.16. The van der Waals surface area contributed by atoms with Crippen LogP contribution in [-0.2, 0) is 6.42 Å². The van der Waals surface area contributed by atoms with Crippen LogP contribution in [0.4, 0.5) is 0 Å². The van der Waals surface area contributed by atoms with Gasteiger partial charge < -0.3 is 5.73 Å². The Kier molecular flexibility index (Phi) is 12.0. The van der Waals surface area contributed by atoms with E-state index in [4.69, 9.17) is 5.73 Å². The van der Waals surface area contributed by atoms with Gasteiger partial charge in [0.05, 0.1) is 0 Å². The third-order valence-electron chi connectivity index (χ3n) is 3.21. The molecular formula is C20H34N2. The molecule has 0 aliphatic heterocycles. The molecule has 0 amide bonds. The van der Waals surface area contributed by atoms with Gasteiger partial charge in [0.15, 0.2) is 0 Å². The van der Waals surface area contributed by atoms with E-state index in [-0.39, 0.29) is 7.47 Å². The average molecular weight is 303 g/mol. The molecule has 0 spiro atoms. The Labute approximate surface area is 138 Å². The fraction of sp³-hybridized carbons (Fsp3) is 0.450. The molecule has 1 aromatic heterocycles. The number of rotatable bonds is 4. The minimum atomic E-state index is 0. The van der Waals surface area contributed by atoms with Crippen LogP contribution in [-0.4, -0.2) is 4.98 Å². The summed E-state index contributed by atoms with van der Waals surface area (Å²) < 4.78 is 0. The highest BCUT2D eigenvalue weighted by Gasteiger charge is 2.06. The summed E-state index contributed by atoms with van der Waals surface area (Å²) in [6, 6.07) is 12.5. The Hall–Kier alpha value is -1.67. The number of nitrogens with zero attached hydrogens (tertiary/aromatic N) is 1. The molecule has 0 saturated carbocycles. The van der Waals surface area contributed by atoms with Gasteiger partial charge in [0, 0.05) is 19.9 Å². The van der Waals surface area contributed by atoms with Gasteiger partial charge in [-0.1, -0.05) is 70.4 Å². The number of unbranched alkanes of at least 4 members (excludes halogenated alkanes) is 1. The maximum Gasteiger partial charge on any atom is 0.0335 e. The molecule has 2 heteroatoms. The van der Waals surface area contributed by atoms with E-state index in [2.05, 4.69) is 50.0 Å². The van der Waals surface area contributed by atoms with Crippen LogP contribution in [0.3, 0.4) is 0 Å². The second-order valence-electron chi connectivity index (χ2n) is 5.08. The highest BCUT2D eigenvalue weighted by Crippen LogP contribution is 2.16. The summed E-state index contributed by atoms with van der Waals surface area (Å²) in [5.74, 6) is 0. The molecule has 1 aromatic carbocycles. The van der Waals surface area contributed by atoms with Crippen LogP contribution < -0.4 is 5.73 Å². The minimum Gasteiger partial charge on any atom is -0.324 e. The van der Waals surface area contributed by atoms with E-state index in [1.54, 1.807) is 12.4 Å². The SMILES string of the molecule is CC.CCCC.Cc1ccc([C@H](N)Cc2ccncc2)cc1.[HH]. The number of aromatic nitrogens is 1. The van der Waals surface area contributed by atoms with E-state index in [9.17, 15) is 0 Å².